The number of sulfonamides is 1. The molecule has 0 radical (unpaired) electrons. The van der Waals surface area contributed by atoms with Crippen LogP contribution in [0.5, 0.6) is 0 Å². The van der Waals surface area contributed by atoms with Crippen LogP contribution in [0.15, 0.2) is 40.8 Å². The summed E-state index contributed by atoms with van der Waals surface area (Å²) in [5.74, 6) is -0.822. The van der Waals surface area contributed by atoms with Crippen molar-refractivity contribution in [3.8, 4) is 11.3 Å². The molecule has 1 heterocycles. The summed E-state index contributed by atoms with van der Waals surface area (Å²) >= 11 is 0. The van der Waals surface area contributed by atoms with E-state index in [1.165, 1.54) is 35.6 Å². The van der Waals surface area contributed by atoms with Gasteiger partial charge in [0.2, 0.25) is 10.0 Å². The van der Waals surface area contributed by atoms with Crippen LogP contribution in [0, 0.1) is 5.82 Å². The molecular weight excluding hydrogens is 607 g/mol. The molecule has 1 fully saturated rings. The van der Waals surface area contributed by atoms with Crippen molar-refractivity contribution in [1.82, 2.24) is 5.32 Å². The topological polar surface area (TPSA) is 134 Å². The van der Waals surface area contributed by atoms with Crippen LogP contribution in [0.4, 0.5) is 10.1 Å². The molecule has 4 rings (SSSR count). The molecule has 1 aliphatic carbocycles. The second-order valence-electron chi connectivity index (χ2n) is 11.8. The average Bonchev–Trinajstić information content (AvgIpc) is 3.74. The fourth-order valence-electron chi connectivity index (χ4n) is 4.82. The van der Waals surface area contributed by atoms with E-state index in [0.29, 0.717) is 27.8 Å². The Bertz CT molecular complexity index is 1590. The zero-order valence-corrected chi connectivity index (χ0v) is 27.1. The summed E-state index contributed by atoms with van der Waals surface area (Å²) in [6.07, 6.45) is 2.92. The second-order valence-corrected chi connectivity index (χ2v) is 13.7. The molecule has 1 aliphatic rings. The molecule has 0 spiro atoms. The van der Waals surface area contributed by atoms with Crippen molar-refractivity contribution in [3.63, 3.8) is 0 Å². The minimum atomic E-state index is -3.72. The van der Waals surface area contributed by atoms with Crippen molar-refractivity contribution in [3.05, 3.63) is 53.3 Å². The van der Waals surface area contributed by atoms with Crippen LogP contribution in [-0.2, 0) is 33.8 Å². The summed E-state index contributed by atoms with van der Waals surface area (Å²) < 4.78 is 68.6. The molecule has 3 aromatic rings. The van der Waals surface area contributed by atoms with Crippen LogP contribution in [-0.4, -0.2) is 85.4 Å². The number of fused-ring (bicyclic) bond motifs is 1. The van der Waals surface area contributed by atoms with E-state index in [4.69, 9.17) is 23.4 Å². The normalized spacial score (nSPS) is 13.6. The number of nitrogens with one attached hydrogen (secondary N) is 1. The Kier molecular flexibility index (Phi) is 11.2. The molecule has 1 amide bonds. The van der Waals surface area contributed by atoms with E-state index in [-0.39, 0.29) is 63.8 Å². The lowest BCUT2D eigenvalue weighted by molar-refractivity contribution is -0.160. The predicted molar refractivity (Wildman–Crippen MR) is 167 cm³/mol. The summed E-state index contributed by atoms with van der Waals surface area (Å²) in [5.41, 5.74) is 1.86. The van der Waals surface area contributed by atoms with Crippen LogP contribution in [0.3, 0.4) is 0 Å². The zero-order chi connectivity index (χ0) is 32.8. The number of amides is 1. The van der Waals surface area contributed by atoms with E-state index in [9.17, 15) is 22.4 Å². The Balaban J connectivity index is 1.42. The molecule has 45 heavy (non-hydrogen) atoms. The van der Waals surface area contributed by atoms with Crippen LogP contribution < -0.4 is 9.62 Å². The number of carbonyl (C=O) groups excluding carboxylic acids is 2. The van der Waals surface area contributed by atoms with E-state index in [1.807, 2.05) is 6.07 Å². The van der Waals surface area contributed by atoms with Gasteiger partial charge in [-0.25, -0.2) is 17.6 Å². The van der Waals surface area contributed by atoms with Crippen molar-refractivity contribution < 1.29 is 45.8 Å². The third-order valence-electron chi connectivity index (χ3n) is 6.91. The fraction of sp³-hybridized carbons (Fsp3) is 0.500. The van der Waals surface area contributed by atoms with Crippen molar-refractivity contribution in [2.75, 3.05) is 63.8 Å². The number of halogens is 1. The molecule has 246 valence electrons. The first-order chi connectivity index (χ1) is 21.3. The van der Waals surface area contributed by atoms with Gasteiger partial charge in [-0.05, 0) is 75.4 Å². The number of hydrogen-bond donors (Lipinski definition) is 1. The van der Waals surface area contributed by atoms with Crippen molar-refractivity contribution >= 4 is 38.6 Å². The minimum Gasteiger partial charge on any atom is -0.458 e. The van der Waals surface area contributed by atoms with Gasteiger partial charge in [-0.2, -0.15) is 0 Å². The van der Waals surface area contributed by atoms with Crippen LogP contribution >= 0.6 is 0 Å². The first-order valence-electron chi connectivity index (χ1n) is 14.8. The number of anilines is 1. The Hall–Kier alpha value is -3.52. The number of esters is 1. The first-order valence-corrected chi connectivity index (χ1v) is 16.6. The summed E-state index contributed by atoms with van der Waals surface area (Å²) in [6.45, 7) is 6.30. The monoisotopic (exact) mass is 648 g/mol. The molecule has 1 aromatic heterocycles. The number of furan rings is 1. The van der Waals surface area contributed by atoms with Gasteiger partial charge in [-0.3, -0.25) is 9.10 Å². The summed E-state index contributed by atoms with van der Waals surface area (Å²) in [5, 5.41) is 3.20. The molecule has 0 bridgehead atoms. The zero-order valence-electron chi connectivity index (χ0n) is 26.3. The van der Waals surface area contributed by atoms with E-state index >= 15 is 0 Å². The highest BCUT2D eigenvalue weighted by Gasteiger charge is 2.33. The summed E-state index contributed by atoms with van der Waals surface area (Å²) in [6, 6.07) is 9.12. The van der Waals surface area contributed by atoms with Gasteiger partial charge in [0.25, 0.3) is 5.91 Å². The molecule has 2 aromatic carbocycles. The summed E-state index contributed by atoms with van der Waals surface area (Å²) in [4.78, 5) is 24.7. The van der Waals surface area contributed by atoms with E-state index < -0.39 is 27.4 Å². The van der Waals surface area contributed by atoms with Gasteiger partial charge in [-0.15, -0.1) is 0 Å². The molecule has 1 N–H and O–H groups in total. The highest BCUT2D eigenvalue weighted by atomic mass is 32.2. The number of rotatable bonds is 16. The lowest BCUT2D eigenvalue weighted by atomic mass is 10.0. The Labute approximate surface area is 263 Å². The van der Waals surface area contributed by atoms with Gasteiger partial charge in [-0.1, -0.05) is 0 Å². The quantitative estimate of drug-likeness (QED) is 0.174. The maximum Gasteiger partial charge on any atom is 0.332 e. The van der Waals surface area contributed by atoms with Gasteiger partial charge in [0.05, 0.1) is 57.1 Å². The molecule has 0 saturated heterocycles. The van der Waals surface area contributed by atoms with Gasteiger partial charge in [0, 0.05) is 24.1 Å². The molecule has 11 nitrogen and oxygen atoms in total. The van der Waals surface area contributed by atoms with Gasteiger partial charge in [0.15, 0.2) is 0 Å². The standard InChI is InChI=1S/C32H41FN2O9S/c1-32(2,3)44-28(36)20-42-17-16-41-15-14-40-13-12-35(45(5,38)39)26-19-27-25(18-24(26)21-6-7-21)29(31(37)34-4)30(43-27)22-8-10-23(33)11-9-22/h8-11,18-19,21H,6-7,12-17,20H2,1-5H3,(H,34,37). The largest absolute Gasteiger partial charge is 0.458 e. The maximum atomic E-state index is 13.6. The summed E-state index contributed by atoms with van der Waals surface area (Å²) in [7, 11) is -2.20. The highest BCUT2D eigenvalue weighted by Crippen LogP contribution is 2.48. The highest BCUT2D eigenvalue weighted by molar-refractivity contribution is 7.92. The number of nitrogens with zero attached hydrogens (tertiary/aromatic N) is 1. The molecule has 13 heteroatoms. The number of benzene rings is 2. The number of ether oxygens (including phenoxy) is 4. The Morgan fingerprint density at radius 2 is 1.62 bits per heavy atom. The Morgan fingerprint density at radius 1 is 1.00 bits per heavy atom. The molecule has 1 saturated carbocycles. The van der Waals surface area contributed by atoms with Gasteiger partial charge >= 0.3 is 5.97 Å². The molecule has 0 aliphatic heterocycles. The Morgan fingerprint density at radius 3 is 2.20 bits per heavy atom. The molecule has 0 unspecified atom stereocenters. The third-order valence-corrected chi connectivity index (χ3v) is 8.09. The number of carbonyl (C=O) groups is 2. The van der Waals surface area contributed by atoms with Crippen molar-refractivity contribution in [2.45, 2.75) is 45.1 Å². The van der Waals surface area contributed by atoms with Crippen molar-refractivity contribution in [1.29, 1.82) is 0 Å². The van der Waals surface area contributed by atoms with Crippen LogP contribution in [0.1, 0.15) is 55.5 Å². The van der Waals surface area contributed by atoms with Gasteiger partial charge in [0.1, 0.15) is 29.4 Å². The SMILES string of the molecule is CNC(=O)c1c(-c2ccc(F)cc2)oc2cc(N(CCOCCOCCOCC(=O)OC(C)(C)C)S(C)(=O)=O)c(C3CC3)cc12. The van der Waals surface area contributed by atoms with Crippen LogP contribution in [0.2, 0.25) is 0 Å². The second kappa shape index (κ2) is 14.7. The van der Waals surface area contributed by atoms with Crippen molar-refractivity contribution in [2.24, 2.45) is 0 Å². The number of hydrogen-bond acceptors (Lipinski definition) is 9. The maximum absolute atomic E-state index is 13.6. The minimum absolute atomic E-state index is 0.0525. The fourth-order valence-corrected chi connectivity index (χ4v) is 5.74. The third kappa shape index (κ3) is 9.49. The van der Waals surface area contributed by atoms with E-state index in [1.54, 1.807) is 26.8 Å². The molecular formula is C32H41FN2O9S. The predicted octanol–water partition coefficient (Wildman–Crippen LogP) is 4.63. The van der Waals surface area contributed by atoms with E-state index in [2.05, 4.69) is 5.32 Å². The molecule has 0 atom stereocenters. The smallest absolute Gasteiger partial charge is 0.332 e. The average molecular weight is 649 g/mol. The first kappa shape index (κ1) is 34.4. The van der Waals surface area contributed by atoms with E-state index in [0.717, 1.165) is 24.7 Å². The lowest BCUT2D eigenvalue weighted by Gasteiger charge is -2.25. The van der Waals surface area contributed by atoms with Crippen LogP contribution in [0.25, 0.3) is 22.3 Å². The van der Waals surface area contributed by atoms with Gasteiger partial charge < -0.3 is 28.7 Å². The lowest BCUT2D eigenvalue weighted by Crippen LogP contribution is -2.34.